The lowest BCUT2D eigenvalue weighted by molar-refractivity contribution is -0.137. The van der Waals surface area contributed by atoms with E-state index in [0.29, 0.717) is 17.1 Å². The van der Waals surface area contributed by atoms with Crippen LogP contribution in [-0.4, -0.2) is 23.5 Å². The zero-order chi connectivity index (χ0) is 15.7. The molecule has 0 saturated heterocycles. The van der Waals surface area contributed by atoms with E-state index in [-0.39, 0.29) is 18.5 Å². The summed E-state index contributed by atoms with van der Waals surface area (Å²) in [6, 6.07) is 8.68. The van der Waals surface area contributed by atoms with Crippen LogP contribution in [0.1, 0.15) is 12.8 Å². The molecule has 0 radical (unpaired) electrons. The Balaban J connectivity index is 2.55. The minimum absolute atomic E-state index is 0.0379. The van der Waals surface area contributed by atoms with Crippen molar-refractivity contribution in [3.05, 3.63) is 41.1 Å². The Morgan fingerprint density at radius 1 is 1.38 bits per heavy atom. The molecule has 3 N–H and O–H groups in total. The molecule has 0 aromatic heterocycles. The van der Waals surface area contributed by atoms with Gasteiger partial charge in [-0.3, -0.25) is 9.59 Å². The second kappa shape index (κ2) is 8.61. The lowest BCUT2D eigenvalue weighted by Gasteiger charge is -2.05. The average Bonchev–Trinajstić information content (AvgIpc) is 2.46. The fraction of sp³-hybridized carbons (Fsp3) is 0.214. The number of carbonyl (C=O) groups excluding carboxylic acids is 1. The number of carbonyl (C=O) groups is 2. The van der Waals surface area contributed by atoms with Gasteiger partial charge in [0.25, 0.3) is 5.91 Å². The van der Waals surface area contributed by atoms with E-state index in [9.17, 15) is 9.59 Å². The largest absolute Gasteiger partial charge is 0.481 e. The van der Waals surface area contributed by atoms with Gasteiger partial charge in [-0.1, -0.05) is 23.7 Å². The quantitative estimate of drug-likeness (QED) is 0.407. The first-order valence-electron chi connectivity index (χ1n) is 6.16. The van der Waals surface area contributed by atoms with Crippen molar-refractivity contribution in [2.24, 2.45) is 0 Å². The number of nitrogens with zero attached hydrogens (tertiary/aromatic N) is 1. The third-order valence-corrected chi connectivity index (χ3v) is 2.79. The molecule has 0 aliphatic heterocycles. The van der Waals surface area contributed by atoms with Crippen LogP contribution in [0.4, 0.5) is 5.69 Å². The number of rotatable bonds is 7. The molecule has 6 nitrogen and oxygen atoms in total. The predicted molar refractivity (Wildman–Crippen MR) is 78.7 cm³/mol. The van der Waals surface area contributed by atoms with E-state index < -0.39 is 11.9 Å². The van der Waals surface area contributed by atoms with Gasteiger partial charge in [-0.25, -0.2) is 0 Å². The summed E-state index contributed by atoms with van der Waals surface area (Å²) >= 11 is 5.93. The first-order chi connectivity index (χ1) is 10.0. The van der Waals surface area contributed by atoms with Crippen LogP contribution in [0.3, 0.4) is 0 Å². The molecule has 21 heavy (non-hydrogen) atoms. The van der Waals surface area contributed by atoms with Crippen LogP contribution >= 0.6 is 11.6 Å². The molecule has 1 aromatic carbocycles. The standard InChI is InChI=1S/C14H14ClN3O3/c15-11-4-1-2-5-12(11)18-9-10(8-16)14(21)17-7-3-6-13(19)20/h1-2,4-5,9,18H,3,6-7H2,(H,17,21)(H,19,20)/b10-9-. The smallest absolute Gasteiger partial charge is 0.303 e. The topological polar surface area (TPSA) is 102 Å². The number of para-hydroxylation sites is 1. The van der Waals surface area contributed by atoms with Crippen LogP contribution in [0.25, 0.3) is 0 Å². The van der Waals surface area contributed by atoms with Crippen LogP contribution < -0.4 is 10.6 Å². The number of aliphatic carboxylic acids is 1. The van der Waals surface area contributed by atoms with Gasteiger partial charge in [0.1, 0.15) is 11.6 Å². The van der Waals surface area contributed by atoms with Crippen LogP contribution in [0, 0.1) is 11.3 Å². The van der Waals surface area contributed by atoms with Gasteiger partial charge in [0.2, 0.25) is 0 Å². The Labute approximate surface area is 127 Å². The monoisotopic (exact) mass is 307 g/mol. The zero-order valence-electron chi connectivity index (χ0n) is 11.1. The zero-order valence-corrected chi connectivity index (χ0v) is 11.9. The Morgan fingerprint density at radius 2 is 2.10 bits per heavy atom. The molecule has 1 amide bonds. The summed E-state index contributed by atoms with van der Waals surface area (Å²) in [6.45, 7) is 0.191. The lowest BCUT2D eigenvalue weighted by atomic mass is 10.2. The fourth-order valence-corrected chi connectivity index (χ4v) is 1.60. The maximum atomic E-state index is 11.7. The SMILES string of the molecule is N#C/C(=C/Nc1ccccc1Cl)C(=O)NCCCC(=O)O. The first kappa shape index (κ1) is 16.5. The second-order valence-electron chi connectivity index (χ2n) is 4.05. The van der Waals surface area contributed by atoms with Gasteiger partial charge in [-0.15, -0.1) is 0 Å². The van der Waals surface area contributed by atoms with E-state index in [2.05, 4.69) is 10.6 Å². The molecule has 0 bridgehead atoms. The lowest BCUT2D eigenvalue weighted by Crippen LogP contribution is -2.26. The average molecular weight is 308 g/mol. The summed E-state index contributed by atoms with van der Waals surface area (Å²) in [5.74, 6) is -1.50. The number of hydrogen-bond donors (Lipinski definition) is 3. The Kier molecular flexibility index (Phi) is 6.78. The van der Waals surface area contributed by atoms with Crippen molar-refractivity contribution in [2.75, 3.05) is 11.9 Å². The van der Waals surface area contributed by atoms with Gasteiger partial charge in [0.05, 0.1) is 10.7 Å². The molecule has 110 valence electrons. The van der Waals surface area contributed by atoms with Gasteiger partial charge in [-0.2, -0.15) is 5.26 Å². The molecule has 7 heteroatoms. The van der Waals surface area contributed by atoms with E-state index in [0.717, 1.165) is 0 Å². The number of nitrogens with one attached hydrogen (secondary N) is 2. The summed E-state index contributed by atoms with van der Waals surface area (Å²) in [6.07, 6.45) is 1.52. The number of benzene rings is 1. The van der Waals surface area contributed by atoms with Gasteiger partial charge in [0, 0.05) is 19.2 Å². The molecule has 0 saturated carbocycles. The molecular weight excluding hydrogens is 294 g/mol. The molecular formula is C14H14ClN3O3. The Morgan fingerprint density at radius 3 is 2.71 bits per heavy atom. The minimum Gasteiger partial charge on any atom is -0.481 e. The molecule has 0 aliphatic rings. The second-order valence-corrected chi connectivity index (χ2v) is 4.45. The maximum absolute atomic E-state index is 11.7. The number of hydrogen-bond acceptors (Lipinski definition) is 4. The highest BCUT2D eigenvalue weighted by atomic mass is 35.5. The number of halogens is 1. The van der Waals surface area contributed by atoms with E-state index >= 15 is 0 Å². The predicted octanol–water partition coefficient (Wildman–Crippen LogP) is 2.14. The van der Waals surface area contributed by atoms with Gasteiger partial charge in [0.15, 0.2) is 0 Å². The third-order valence-electron chi connectivity index (χ3n) is 2.46. The minimum atomic E-state index is -0.930. The van der Waals surface area contributed by atoms with Gasteiger partial charge >= 0.3 is 5.97 Å². The van der Waals surface area contributed by atoms with E-state index in [1.807, 2.05) is 0 Å². The van der Waals surface area contributed by atoms with Crippen LogP contribution in [0.15, 0.2) is 36.0 Å². The first-order valence-corrected chi connectivity index (χ1v) is 6.53. The van der Waals surface area contributed by atoms with Crippen molar-refractivity contribution in [2.45, 2.75) is 12.8 Å². The summed E-state index contributed by atoms with van der Waals surface area (Å²) in [4.78, 5) is 22.0. The number of carboxylic acid groups (broad SMARTS) is 1. The summed E-state index contributed by atoms with van der Waals surface area (Å²) in [5, 5.41) is 23.1. The molecule has 0 unspecified atom stereocenters. The van der Waals surface area contributed by atoms with Gasteiger partial charge < -0.3 is 15.7 Å². The van der Waals surface area contributed by atoms with E-state index in [4.69, 9.17) is 22.0 Å². The van der Waals surface area contributed by atoms with Crippen molar-refractivity contribution in [1.82, 2.24) is 5.32 Å². The van der Waals surface area contributed by atoms with Gasteiger partial charge in [-0.05, 0) is 18.6 Å². The number of carboxylic acids is 1. The molecule has 0 atom stereocenters. The molecule has 0 spiro atoms. The highest BCUT2D eigenvalue weighted by Crippen LogP contribution is 2.20. The summed E-state index contributed by atoms with van der Waals surface area (Å²) in [7, 11) is 0. The Hall–Kier alpha value is -2.52. The van der Waals surface area contributed by atoms with Crippen LogP contribution in [0.5, 0.6) is 0 Å². The molecule has 0 heterocycles. The van der Waals surface area contributed by atoms with Crippen molar-refractivity contribution in [3.63, 3.8) is 0 Å². The molecule has 0 aliphatic carbocycles. The van der Waals surface area contributed by atoms with Crippen molar-refractivity contribution in [3.8, 4) is 6.07 Å². The third kappa shape index (κ3) is 5.97. The number of anilines is 1. The Bertz CT molecular complexity index is 593. The van der Waals surface area contributed by atoms with Crippen LogP contribution in [-0.2, 0) is 9.59 Å². The van der Waals surface area contributed by atoms with E-state index in [1.54, 1.807) is 30.3 Å². The normalized spacial score (nSPS) is 10.6. The summed E-state index contributed by atoms with van der Waals surface area (Å²) in [5.41, 5.74) is 0.454. The van der Waals surface area contributed by atoms with Crippen molar-refractivity contribution >= 4 is 29.2 Å². The fourth-order valence-electron chi connectivity index (χ4n) is 1.41. The van der Waals surface area contributed by atoms with Crippen molar-refractivity contribution in [1.29, 1.82) is 5.26 Å². The maximum Gasteiger partial charge on any atom is 0.303 e. The van der Waals surface area contributed by atoms with Crippen LogP contribution in [0.2, 0.25) is 5.02 Å². The number of amides is 1. The summed E-state index contributed by atoms with van der Waals surface area (Å²) < 4.78 is 0. The molecule has 1 rings (SSSR count). The van der Waals surface area contributed by atoms with Crippen molar-refractivity contribution < 1.29 is 14.7 Å². The molecule has 0 fully saturated rings. The highest BCUT2D eigenvalue weighted by Gasteiger charge is 2.08. The number of nitriles is 1. The molecule has 1 aromatic rings. The van der Waals surface area contributed by atoms with E-state index in [1.165, 1.54) is 6.20 Å². The highest BCUT2D eigenvalue weighted by molar-refractivity contribution is 6.33.